The van der Waals surface area contributed by atoms with E-state index in [1.807, 2.05) is 0 Å². The molecular weight excluding hydrogens is 404 g/mol. The molecule has 2 amide bonds. The second kappa shape index (κ2) is 7.89. The average molecular weight is 421 g/mol. The van der Waals surface area contributed by atoms with Crippen LogP contribution in [0.15, 0.2) is 36.9 Å². The topological polar surface area (TPSA) is 155 Å². The molecule has 1 saturated heterocycles. The number of aliphatic hydroxyl groups is 3. The normalized spacial score (nSPS) is 24.0. The molecule has 29 heavy (non-hydrogen) atoms. The standard InChI is InChI=1S/C17H17ClN6O5/c18-8-1-3-9(4-2-8)22-17(28)23-14-11-15(20-6-19-14)24(7-21-11)16-13(27)12(26)10(5-25)29-16/h1-4,6-7,10,12-13,16,25-27H,5H2,(H2,19,20,22,23,28)/t10-,12-,13-,16-/m1/s1. The highest BCUT2D eigenvalue weighted by atomic mass is 35.5. The van der Waals surface area contributed by atoms with Gasteiger partial charge >= 0.3 is 6.03 Å². The van der Waals surface area contributed by atoms with Crippen molar-refractivity contribution in [3.63, 3.8) is 0 Å². The fourth-order valence-electron chi connectivity index (χ4n) is 3.04. The molecule has 1 aliphatic heterocycles. The van der Waals surface area contributed by atoms with Crippen LogP contribution in [-0.4, -0.2) is 65.8 Å². The molecule has 1 aromatic carbocycles. The molecule has 1 fully saturated rings. The average Bonchev–Trinajstić information content (AvgIpc) is 3.26. The molecule has 12 heteroatoms. The number of rotatable bonds is 4. The third-order valence-corrected chi connectivity index (χ3v) is 4.74. The molecule has 2 aromatic heterocycles. The first kappa shape index (κ1) is 19.5. The SMILES string of the molecule is O=C(Nc1ccc(Cl)cc1)Nc1ncnc2c1ncn2[C@@H]1O[C@H](CO)[C@@H](O)[C@H]1O. The van der Waals surface area contributed by atoms with Gasteiger partial charge < -0.3 is 25.4 Å². The van der Waals surface area contributed by atoms with E-state index >= 15 is 0 Å². The highest BCUT2D eigenvalue weighted by Crippen LogP contribution is 2.32. The number of nitrogens with one attached hydrogen (secondary N) is 2. The van der Waals surface area contributed by atoms with Gasteiger partial charge in [0.25, 0.3) is 0 Å². The van der Waals surface area contributed by atoms with Crippen LogP contribution in [0.5, 0.6) is 0 Å². The van der Waals surface area contributed by atoms with E-state index in [0.29, 0.717) is 10.7 Å². The third kappa shape index (κ3) is 3.73. The summed E-state index contributed by atoms with van der Waals surface area (Å²) in [5, 5.41) is 35.2. The number of urea groups is 1. The summed E-state index contributed by atoms with van der Waals surface area (Å²) in [6.07, 6.45) is -1.91. The maximum Gasteiger partial charge on any atom is 0.324 e. The van der Waals surface area contributed by atoms with E-state index < -0.39 is 37.2 Å². The van der Waals surface area contributed by atoms with Crippen LogP contribution in [0.1, 0.15) is 6.23 Å². The lowest BCUT2D eigenvalue weighted by atomic mass is 10.1. The van der Waals surface area contributed by atoms with Gasteiger partial charge in [0, 0.05) is 10.7 Å². The Bertz CT molecular complexity index is 1030. The number of halogens is 1. The van der Waals surface area contributed by atoms with Gasteiger partial charge in [0.05, 0.1) is 12.9 Å². The molecule has 1 aliphatic rings. The van der Waals surface area contributed by atoms with Crippen molar-refractivity contribution in [2.75, 3.05) is 17.2 Å². The minimum absolute atomic E-state index is 0.145. The number of amides is 2. The molecule has 3 heterocycles. The fourth-order valence-corrected chi connectivity index (χ4v) is 3.17. The molecule has 0 aliphatic carbocycles. The van der Waals surface area contributed by atoms with Crippen LogP contribution in [0.2, 0.25) is 5.02 Å². The van der Waals surface area contributed by atoms with Gasteiger partial charge in [0.1, 0.15) is 24.6 Å². The van der Waals surface area contributed by atoms with Crippen LogP contribution in [-0.2, 0) is 4.74 Å². The number of fused-ring (bicyclic) bond motifs is 1. The third-order valence-electron chi connectivity index (χ3n) is 4.48. The first-order valence-corrected chi connectivity index (χ1v) is 8.99. The van der Waals surface area contributed by atoms with E-state index in [2.05, 4.69) is 25.6 Å². The minimum Gasteiger partial charge on any atom is -0.394 e. The largest absolute Gasteiger partial charge is 0.394 e. The zero-order chi connectivity index (χ0) is 20.5. The number of carbonyl (C=O) groups is 1. The van der Waals surface area contributed by atoms with Crippen molar-refractivity contribution in [3.05, 3.63) is 41.9 Å². The molecule has 0 bridgehead atoms. The van der Waals surface area contributed by atoms with Crippen LogP contribution >= 0.6 is 11.6 Å². The van der Waals surface area contributed by atoms with E-state index in [0.717, 1.165) is 0 Å². The van der Waals surface area contributed by atoms with Crippen molar-refractivity contribution in [1.29, 1.82) is 0 Å². The maximum atomic E-state index is 12.3. The summed E-state index contributed by atoms with van der Waals surface area (Å²) in [6.45, 7) is -0.450. The summed E-state index contributed by atoms with van der Waals surface area (Å²) < 4.78 is 6.90. The van der Waals surface area contributed by atoms with Crippen molar-refractivity contribution in [2.24, 2.45) is 0 Å². The van der Waals surface area contributed by atoms with Crippen molar-refractivity contribution in [1.82, 2.24) is 19.5 Å². The minimum atomic E-state index is -1.29. The predicted molar refractivity (Wildman–Crippen MR) is 102 cm³/mol. The molecule has 4 rings (SSSR count). The first-order chi connectivity index (χ1) is 14.0. The summed E-state index contributed by atoms with van der Waals surface area (Å²) in [5.74, 6) is 0.145. The van der Waals surface area contributed by atoms with Crippen LogP contribution in [0.3, 0.4) is 0 Å². The molecule has 0 saturated carbocycles. The molecule has 4 atom stereocenters. The summed E-state index contributed by atoms with van der Waals surface area (Å²) >= 11 is 5.82. The Hall–Kier alpha value is -2.83. The number of hydrogen-bond donors (Lipinski definition) is 5. The first-order valence-electron chi connectivity index (χ1n) is 8.61. The second-order valence-electron chi connectivity index (χ2n) is 6.36. The van der Waals surface area contributed by atoms with Gasteiger partial charge in [0.2, 0.25) is 0 Å². The second-order valence-corrected chi connectivity index (χ2v) is 6.80. The number of aliphatic hydroxyl groups excluding tert-OH is 3. The quantitative estimate of drug-likeness (QED) is 0.414. The molecule has 5 N–H and O–H groups in total. The van der Waals surface area contributed by atoms with E-state index in [9.17, 15) is 20.1 Å². The van der Waals surface area contributed by atoms with E-state index in [4.69, 9.17) is 16.3 Å². The van der Waals surface area contributed by atoms with Crippen molar-refractivity contribution in [2.45, 2.75) is 24.5 Å². The number of hydrogen-bond acceptors (Lipinski definition) is 8. The van der Waals surface area contributed by atoms with Gasteiger partial charge in [-0.05, 0) is 24.3 Å². The number of benzene rings is 1. The summed E-state index contributed by atoms with van der Waals surface area (Å²) in [6, 6.07) is 6.03. The van der Waals surface area contributed by atoms with E-state index in [-0.39, 0.29) is 17.0 Å². The Morgan fingerprint density at radius 1 is 1.14 bits per heavy atom. The summed E-state index contributed by atoms with van der Waals surface area (Å²) in [4.78, 5) is 24.6. The zero-order valence-corrected chi connectivity index (χ0v) is 15.6. The smallest absolute Gasteiger partial charge is 0.324 e. The number of ether oxygens (including phenoxy) is 1. The van der Waals surface area contributed by atoms with Crippen LogP contribution in [0.25, 0.3) is 11.2 Å². The van der Waals surface area contributed by atoms with Gasteiger partial charge in [-0.3, -0.25) is 9.88 Å². The van der Waals surface area contributed by atoms with Gasteiger partial charge in [0.15, 0.2) is 23.2 Å². The van der Waals surface area contributed by atoms with Crippen molar-refractivity contribution in [3.8, 4) is 0 Å². The lowest BCUT2D eigenvalue weighted by Crippen LogP contribution is -2.33. The van der Waals surface area contributed by atoms with E-state index in [1.54, 1.807) is 24.3 Å². The van der Waals surface area contributed by atoms with E-state index in [1.165, 1.54) is 17.2 Å². The monoisotopic (exact) mass is 420 g/mol. The van der Waals surface area contributed by atoms with Crippen molar-refractivity contribution >= 4 is 40.3 Å². The van der Waals surface area contributed by atoms with Crippen LogP contribution < -0.4 is 10.6 Å². The highest BCUT2D eigenvalue weighted by molar-refractivity contribution is 6.30. The lowest BCUT2D eigenvalue weighted by molar-refractivity contribution is -0.0511. The predicted octanol–water partition coefficient (Wildman–Crippen LogP) is 0.735. The molecular formula is C17H17ClN6O5. The Morgan fingerprint density at radius 3 is 2.59 bits per heavy atom. The summed E-state index contributed by atoms with van der Waals surface area (Å²) in [7, 11) is 0. The van der Waals surface area contributed by atoms with Gasteiger partial charge in [-0.1, -0.05) is 11.6 Å². The van der Waals surface area contributed by atoms with Crippen molar-refractivity contribution < 1.29 is 24.9 Å². The number of imidazole rings is 1. The van der Waals surface area contributed by atoms with Gasteiger partial charge in [-0.2, -0.15) is 0 Å². The van der Waals surface area contributed by atoms with Crippen LogP contribution in [0.4, 0.5) is 16.3 Å². The fraction of sp³-hybridized carbons (Fsp3) is 0.294. The zero-order valence-electron chi connectivity index (χ0n) is 14.8. The number of carbonyl (C=O) groups excluding carboxylic acids is 1. The molecule has 11 nitrogen and oxygen atoms in total. The molecule has 3 aromatic rings. The maximum absolute atomic E-state index is 12.3. The van der Waals surface area contributed by atoms with Crippen LogP contribution in [0, 0.1) is 0 Å². The Kier molecular flexibility index (Phi) is 5.30. The Balaban J connectivity index is 1.56. The molecule has 0 radical (unpaired) electrons. The number of anilines is 2. The molecule has 0 spiro atoms. The Labute approximate surface area is 168 Å². The summed E-state index contributed by atoms with van der Waals surface area (Å²) in [5.41, 5.74) is 1.07. The van der Waals surface area contributed by atoms with Gasteiger partial charge in [-0.15, -0.1) is 0 Å². The highest BCUT2D eigenvalue weighted by Gasteiger charge is 2.44. The number of nitrogens with zero attached hydrogens (tertiary/aromatic N) is 4. The Morgan fingerprint density at radius 2 is 1.90 bits per heavy atom. The molecule has 0 unspecified atom stereocenters. The molecule has 152 valence electrons. The lowest BCUT2D eigenvalue weighted by Gasteiger charge is -2.16. The number of aromatic nitrogens is 4. The van der Waals surface area contributed by atoms with Gasteiger partial charge in [-0.25, -0.2) is 19.7 Å².